The molecule has 1 aromatic carbocycles. The molecule has 0 heterocycles. The fraction of sp³-hybridized carbons (Fsp3) is 0.455. The van der Waals surface area contributed by atoms with Crippen molar-refractivity contribution in [3.05, 3.63) is 29.8 Å². The minimum Gasteiger partial charge on any atom is -0.494 e. The number of rotatable bonds is 6. The van der Waals surface area contributed by atoms with Crippen molar-refractivity contribution in [1.82, 2.24) is 0 Å². The third-order valence-electron chi connectivity index (χ3n) is 2.05. The van der Waals surface area contributed by atoms with Crippen LogP contribution in [0.1, 0.15) is 12.5 Å². The van der Waals surface area contributed by atoms with E-state index in [0.717, 1.165) is 11.3 Å². The van der Waals surface area contributed by atoms with E-state index >= 15 is 0 Å². The van der Waals surface area contributed by atoms with Gasteiger partial charge in [0.15, 0.2) is 9.84 Å². The lowest BCUT2D eigenvalue weighted by Gasteiger charge is -2.05. The van der Waals surface area contributed by atoms with Crippen LogP contribution in [0.4, 0.5) is 0 Å². The number of hydrogen-bond donors (Lipinski definition) is 1. The maximum Gasteiger partial charge on any atom is 0.155 e. The molecular formula is C11H17NO3S. The van der Waals surface area contributed by atoms with Crippen molar-refractivity contribution in [2.24, 2.45) is 5.73 Å². The van der Waals surface area contributed by atoms with Gasteiger partial charge in [-0.15, -0.1) is 0 Å². The molecule has 0 aliphatic carbocycles. The van der Waals surface area contributed by atoms with Gasteiger partial charge in [0.05, 0.1) is 18.1 Å². The van der Waals surface area contributed by atoms with Gasteiger partial charge in [0, 0.05) is 6.54 Å². The first-order valence-corrected chi connectivity index (χ1v) is 7.02. The third kappa shape index (κ3) is 4.20. The van der Waals surface area contributed by atoms with Crippen molar-refractivity contribution in [2.45, 2.75) is 12.7 Å². The van der Waals surface area contributed by atoms with Crippen LogP contribution in [-0.2, 0) is 15.6 Å². The summed E-state index contributed by atoms with van der Waals surface area (Å²) in [6, 6.07) is 7.08. The molecule has 0 fully saturated rings. The van der Waals surface area contributed by atoms with Crippen LogP contribution in [0.3, 0.4) is 0 Å². The molecular weight excluding hydrogens is 226 g/mol. The molecule has 4 nitrogen and oxygen atoms in total. The topological polar surface area (TPSA) is 69.4 Å². The lowest BCUT2D eigenvalue weighted by Crippen LogP contribution is -2.17. The maximum atomic E-state index is 11.5. The molecule has 2 N–H and O–H groups in total. The summed E-state index contributed by atoms with van der Waals surface area (Å²) in [6.45, 7) is 2.67. The Morgan fingerprint density at radius 2 is 1.88 bits per heavy atom. The second-order valence-electron chi connectivity index (χ2n) is 3.46. The van der Waals surface area contributed by atoms with Crippen LogP contribution in [0.25, 0.3) is 0 Å². The number of ether oxygens (including phenoxy) is 1. The number of benzene rings is 1. The lowest BCUT2D eigenvalue weighted by molar-refractivity contribution is 0.340. The largest absolute Gasteiger partial charge is 0.494 e. The van der Waals surface area contributed by atoms with E-state index in [0.29, 0.717) is 6.61 Å². The van der Waals surface area contributed by atoms with Gasteiger partial charge in [0.1, 0.15) is 5.75 Å². The standard InChI is InChI=1S/C11H17NO3S/c1-2-15-11-5-3-10(4-6-11)9-16(13,14)8-7-12/h3-6H,2,7-9,12H2,1H3. The van der Waals surface area contributed by atoms with Crippen LogP contribution >= 0.6 is 0 Å². The third-order valence-corrected chi connectivity index (χ3v) is 3.68. The van der Waals surface area contributed by atoms with E-state index in [1.165, 1.54) is 0 Å². The molecule has 0 amide bonds. The SMILES string of the molecule is CCOc1ccc(CS(=O)(=O)CCN)cc1. The van der Waals surface area contributed by atoms with E-state index in [1.807, 2.05) is 6.92 Å². The van der Waals surface area contributed by atoms with Gasteiger partial charge in [-0.1, -0.05) is 12.1 Å². The summed E-state index contributed by atoms with van der Waals surface area (Å²) >= 11 is 0. The van der Waals surface area contributed by atoms with Crippen molar-refractivity contribution in [3.63, 3.8) is 0 Å². The fourth-order valence-electron chi connectivity index (χ4n) is 1.35. The first-order chi connectivity index (χ1) is 7.57. The molecule has 1 rings (SSSR count). The van der Waals surface area contributed by atoms with Crippen molar-refractivity contribution in [2.75, 3.05) is 18.9 Å². The Morgan fingerprint density at radius 3 is 2.38 bits per heavy atom. The Labute approximate surface area is 96.3 Å². The Morgan fingerprint density at radius 1 is 1.25 bits per heavy atom. The maximum absolute atomic E-state index is 11.5. The van der Waals surface area contributed by atoms with Crippen molar-refractivity contribution in [1.29, 1.82) is 0 Å². The molecule has 0 saturated carbocycles. The molecule has 0 aliphatic heterocycles. The minimum absolute atomic E-state index is 0.0280. The summed E-state index contributed by atoms with van der Waals surface area (Å²) < 4.78 is 28.3. The molecule has 0 atom stereocenters. The zero-order valence-corrected chi connectivity index (χ0v) is 10.2. The van der Waals surface area contributed by atoms with E-state index in [9.17, 15) is 8.42 Å². The average molecular weight is 243 g/mol. The summed E-state index contributed by atoms with van der Waals surface area (Å²) in [5, 5.41) is 0. The van der Waals surface area contributed by atoms with E-state index in [4.69, 9.17) is 10.5 Å². The second kappa shape index (κ2) is 5.86. The predicted octanol–water partition coefficient (Wildman–Crippen LogP) is 0.959. The lowest BCUT2D eigenvalue weighted by atomic mass is 10.2. The fourth-order valence-corrected chi connectivity index (χ4v) is 2.56. The zero-order valence-electron chi connectivity index (χ0n) is 9.35. The summed E-state index contributed by atoms with van der Waals surface area (Å²) in [6.07, 6.45) is 0. The number of nitrogens with two attached hydrogens (primary N) is 1. The van der Waals surface area contributed by atoms with Crippen LogP contribution in [0, 0.1) is 0 Å². The Kier molecular flexibility index (Phi) is 4.76. The van der Waals surface area contributed by atoms with Crippen molar-refractivity contribution < 1.29 is 13.2 Å². The van der Waals surface area contributed by atoms with Gasteiger partial charge in [-0.25, -0.2) is 8.42 Å². The van der Waals surface area contributed by atoms with Crippen LogP contribution in [0.5, 0.6) is 5.75 Å². The minimum atomic E-state index is -3.08. The highest BCUT2D eigenvalue weighted by atomic mass is 32.2. The van der Waals surface area contributed by atoms with Gasteiger partial charge in [-0.2, -0.15) is 0 Å². The molecule has 0 unspecified atom stereocenters. The highest BCUT2D eigenvalue weighted by molar-refractivity contribution is 7.90. The summed E-state index contributed by atoms with van der Waals surface area (Å²) in [4.78, 5) is 0. The number of sulfone groups is 1. The molecule has 0 aromatic heterocycles. The van der Waals surface area contributed by atoms with Crippen LogP contribution in [0.2, 0.25) is 0 Å². The van der Waals surface area contributed by atoms with Crippen LogP contribution in [-0.4, -0.2) is 27.3 Å². The molecule has 90 valence electrons. The number of hydrogen-bond acceptors (Lipinski definition) is 4. The first-order valence-electron chi connectivity index (χ1n) is 5.19. The molecule has 16 heavy (non-hydrogen) atoms. The highest BCUT2D eigenvalue weighted by Crippen LogP contribution is 2.14. The van der Waals surface area contributed by atoms with Gasteiger partial charge in [-0.3, -0.25) is 0 Å². The molecule has 0 radical (unpaired) electrons. The molecule has 5 heteroatoms. The normalized spacial score (nSPS) is 11.4. The molecule has 0 aliphatic rings. The van der Waals surface area contributed by atoms with Crippen molar-refractivity contribution >= 4 is 9.84 Å². The van der Waals surface area contributed by atoms with E-state index in [2.05, 4.69) is 0 Å². The molecule has 1 aromatic rings. The quantitative estimate of drug-likeness (QED) is 0.808. The second-order valence-corrected chi connectivity index (χ2v) is 5.64. The molecule has 0 saturated heterocycles. The highest BCUT2D eigenvalue weighted by Gasteiger charge is 2.10. The van der Waals surface area contributed by atoms with Gasteiger partial charge in [0.25, 0.3) is 0 Å². The Bertz CT molecular complexity index is 411. The average Bonchev–Trinajstić information content (AvgIpc) is 2.21. The van der Waals surface area contributed by atoms with Crippen molar-refractivity contribution in [3.8, 4) is 5.75 Å². The van der Waals surface area contributed by atoms with Gasteiger partial charge >= 0.3 is 0 Å². The van der Waals surface area contributed by atoms with Crippen LogP contribution < -0.4 is 10.5 Å². The van der Waals surface area contributed by atoms with Gasteiger partial charge < -0.3 is 10.5 Å². The summed E-state index contributed by atoms with van der Waals surface area (Å²) in [7, 11) is -3.08. The van der Waals surface area contributed by atoms with E-state index < -0.39 is 9.84 Å². The summed E-state index contributed by atoms with van der Waals surface area (Å²) in [5.41, 5.74) is 5.99. The first kappa shape index (κ1) is 13.0. The molecule has 0 spiro atoms. The summed E-state index contributed by atoms with van der Waals surface area (Å²) in [5.74, 6) is 0.819. The molecule has 0 bridgehead atoms. The van der Waals surface area contributed by atoms with E-state index in [1.54, 1.807) is 24.3 Å². The smallest absolute Gasteiger partial charge is 0.155 e. The van der Waals surface area contributed by atoms with Gasteiger partial charge in [-0.05, 0) is 24.6 Å². The monoisotopic (exact) mass is 243 g/mol. The predicted molar refractivity (Wildman–Crippen MR) is 64.2 cm³/mol. The Balaban J connectivity index is 2.68. The van der Waals surface area contributed by atoms with Gasteiger partial charge in [0.2, 0.25) is 0 Å². The van der Waals surface area contributed by atoms with Crippen LogP contribution in [0.15, 0.2) is 24.3 Å². The zero-order chi connectivity index (χ0) is 12.0. The van der Waals surface area contributed by atoms with E-state index in [-0.39, 0.29) is 18.1 Å². The Hall–Kier alpha value is -1.07.